The number of para-hydroxylation sites is 1. The van der Waals surface area contributed by atoms with Crippen LogP contribution in [0.25, 0.3) is 0 Å². The zero-order valence-corrected chi connectivity index (χ0v) is 10.7. The van der Waals surface area contributed by atoms with Crippen molar-refractivity contribution in [3.8, 4) is 0 Å². The van der Waals surface area contributed by atoms with Crippen LogP contribution in [0.3, 0.4) is 0 Å². The van der Waals surface area contributed by atoms with Crippen molar-refractivity contribution in [3.63, 3.8) is 0 Å². The van der Waals surface area contributed by atoms with Crippen molar-refractivity contribution in [2.24, 2.45) is 4.99 Å². The van der Waals surface area contributed by atoms with Crippen LogP contribution in [-0.4, -0.2) is 30.0 Å². The van der Waals surface area contributed by atoms with Gasteiger partial charge in [-0.1, -0.05) is 31.5 Å². The van der Waals surface area contributed by atoms with Crippen molar-refractivity contribution in [1.29, 1.82) is 0 Å². The highest BCUT2D eigenvalue weighted by atomic mass is 15.4. The number of aliphatic imine (C=N–C) groups is 1. The molecule has 3 heteroatoms. The lowest BCUT2D eigenvalue weighted by Crippen LogP contribution is -2.39. The molecule has 1 heterocycles. The Kier molecular flexibility index (Phi) is 4.02. The second kappa shape index (κ2) is 5.71. The minimum absolute atomic E-state index is 0.521. The number of guanidine groups is 1. The van der Waals surface area contributed by atoms with E-state index in [1.54, 1.807) is 0 Å². The quantitative estimate of drug-likeness (QED) is 0.862. The smallest absolute Gasteiger partial charge is 0.198 e. The van der Waals surface area contributed by atoms with Crippen molar-refractivity contribution < 1.29 is 0 Å². The third-order valence-corrected chi connectivity index (χ3v) is 3.09. The Morgan fingerprint density at radius 1 is 1.35 bits per heavy atom. The van der Waals surface area contributed by atoms with E-state index in [9.17, 15) is 0 Å². The monoisotopic (exact) mass is 231 g/mol. The highest BCUT2D eigenvalue weighted by Crippen LogP contribution is 2.14. The van der Waals surface area contributed by atoms with Crippen molar-refractivity contribution in [2.45, 2.75) is 32.7 Å². The van der Waals surface area contributed by atoms with E-state index in [2.05, 4.69) is 41.2 Å². The lowest BCUT2D eigenvalue weighted by Gasteiger charge is -2.25. The van der Waals surface area contributed by atoms with Gasteiger partial charge in [-0.25, -0.2) is 0 Å². The molecular weight excluding hydrogens is 210 g/mol. The first-order valence-electron chi connectivity index (χ1n) is 6.44. The molecule has 1 aliphatic rings. The van der Waals surface area contributed by atoms with Crippen LogP contribution < -0.4 is 5.32 Å². The Labute approximate surface area is 104 Å². The van der Waals surface area contributed by atoms with Crippen molar-refractivity contribution >= 4 is 11.6 Å². The predicted octanol–water partition coefficient (Wildman–Crippen LogP) is 2.96. The molecule has 3 nitrogen and oxygen atoms in total. The largest absolute Gasteiger partial charge is 0.338 e. The number of benzene rings is 1. The molecule has 0 saturated heterocycles. The maximum absolute atomic E-state index is 4.58. The normalized spacial score (nSPS) is 19.3. The summed E-state index contributed by atoms with van der Waals surface area (Å²) in [5.74, 6) is 1.03. The van der Waals surface area contributed by atoms with Gasteiger partial charge in [0.05, 0.1) is 6.54 Å². The molecule has 0 radical (unpaired) electrons. The Hall–Kier alpha value is -1.51. The SMILES string of the molecule is CCCCN1C(Nc2ccccc2)=NC[C@@H]1C. The van der Waals surface area contributed by atoms with Crippen LogP contribution in [0.5, 0.6) is 0 Å². The fourth-order valence-corrected chi connectivity index (χ4v) is 2.03. The number of anilines is 1. The molecular formula is C14H21N3. The summed E-state index contributed by atoms with van der Waals surface area (Å²) in [4.78, 5) is 6.95. The van der Waals surface area contributed by atoms with E-state index in [0.29, 0.717) is 6.04 Å². The van der Waals surface area contributed by atoms with Gasteiger partial charge in [0.15, 0.2) is 5.96 Å². The number of rotatable bonds is 4. The van der Waals surface area contributed by atoms with E-state index in [1.165, 1.54) is 12.8 Å². The van der Waals surface area contributed by atoms with Gasteiger partial charge >= 0.3 is 0 Å². The molecule has 1 aromatic carbocycles. The Balaban J connectivity index is 2.00. The molecule has 0 spiro atoms. The second-order valence-corrected chi connectivity index (χ2v) is 4.55. The lowest BCUT2D eigenvalue weighted by atomic mass is 10.2. The number of hydrogen-bond donors (Lipinski definition) is 1. The topological polar surface area (TPSA) is 27.6 Å². The number of nitrogens with zero attached hydrogens (tertiary/aromatic N) is 2. The van der Waals surface area contributed by atoms with Gasteiger partial charge < -0.3 is 10.2 Å². The summed E-state index contributed by atoms with van der Waals surface area (Å²) in [6, 6.07) is 10.8. The summed E-state index contributed by atoms with van der Waals surface area (Å²) >= 11 is 0. The van der Waals surface area contributed by atoms with Gasteiger partial charge in [0.1, 0.15) is 0 Å². The number of hydrogen-bond acceptors (Lipinski definition) is 3. The minimum atomic E-state index is 0.521. The predicted molar refractivity (Wildman–Crippen MR) is 73.4 cm³/mol. The standard InChI is InChI=1S/C14H21N3/c1-3-4-10-17-12(2)11-15-14(17)16-13-8-6-5-7-9-13/h5-9,12H,3-4,10-11H2,1-2H3,(H,15,16)/t12-/m0/s1. The molecule has 0 amide bonds. The molecule has 0 fully saturated rings. The highest BCUT2D eigenvalue weighted by Gasteiger charge is 2.23. The molecule has 1 N–H and O–H groups in total. The fraction of sp³-hybridized carbons (Fsp3) is 0.500. The summed E-state index contributed by atoms with van der Waals surface area (Å²) in [5.41, 5.74) is 1.11. The van der Waals surface area contributed by atoms with Crippen LogP contribution in [0.2, 0.25) is 0 Å². The lowest BCUT2D eigenvalue weighted by molar-refractivity contribution is 0.356. The minimum Gasteiger partial charge on any atom is -0.338 e. The number of nitrogens with one attached hydrogen (secondary N) is 1. The third-order valence-electron chi connectivity index (χ3n) is 3.09. The van der Waals surface area contributed by atoms with E-state index in [1.807, 2.05) is 18.2 Å². The summed E-state index contributed by atoms with van der Waals surface area (Å²) in [5, 5.41) is 3.41. The average molecular weight is 231 g/mol. The Morgan fingerprint density at radius 2 is 2.12 bits per heavy atom. The van der Waals surface area contributed by atoms with E-state index in [0.717, 1.165) is 24.7 Å². The van der Waals surface area contributed by atoms with Crippen molar-refractivity contribution in [1.82, 2.24) is 4.90 Å². The summed E-state index contributed by atoms with van der Waals surface area (Å²) < 4.78 is 0. The third kappa shape index (κ3) is 2.99. The van der Waals surface area contributed by atoms with Gasteiger partial charge in [0.25, 0.3) is 0 Å². The van der Waals surface area contributed by atoms with E-state index in [4.69, 9.17) is 0 Å². The van der Waals surface area contributed by atoms with Gasteiger partial charge in [0.2, 0.25) is 0 Å². The van der Waals surface area contributed by atoms with Crippen molar-refractivity contribution in [2.75, 3.05) is 18.4 Å². The van der Waals surface area contributed by atoms with Crippen LogP contribution >= 0.6 is 0 Å². The second-order valence-electron chi connectivity index (χ2n) is 4.55. The summed E-state index contributed by atoms with van der Waals surface area (Å²) in [6.07, 6.45) is 2.45. The molecule has 1 aliphatic heterocycles. The zero-order valence-electron chi connectivity index (χ0n) is 10.7. The first-order valence-corrected chi connectivity index (χ1v) is 6.44. The van der Waals surface area contributed by atoms with E-state index in [-0.39, 0.29) is 0 Å². The van der Waals surface area contributed by atoms with Gasteiger partial charge in [-0.05, 0) is 25.5 Å². The maximum Gasteiger partial charge on any atom is 0.198 e. The van der Waals surface area contributed by atoms with Crippen LogP contribution in [0.15, 0.2) is 35.3 Å². The van der Waals surface area contributed by atoms with Gasteiger partial charge in [-0.2, -0.15) is 0 Å². The van der Waals surface area contributed by atoms with Crippen LogP contribution in [0.4, 0.5) is 5.69 Å². The Bertz CT molecular complexity index is 372. The van der Waals surface area contributed by atoms with Crippen LogP contribution in [0.1, 0.15) is 26.7 Å². The highest BCUT2D eigenvalue weighted by molar-refractivity contribution is 5.94. The Morgan fingerprint density at radius 3 is 2.82 bits per heavy atom. The van der Waals surface area contributed by atoms with Crippen molar-refractivity contribution in [3.05, 3.63) is 30.3 Å². The van der Waals surface area contributed by atoms with Gasteiger partial charge in [-0.3, -0.25) is 4.99 Å². The molecule has 0 saturated carbocycles. The first-order chi connectivity index (χ1) is 8.31. The summed E-state index contributed by atoms with van der Waals surface area (Å²) in [6.45, 7) is 6.45. The molecule has 0 unspecified atom stereocenters. The average Bonchev–Trinajstić information content (AvgIpc) is 2.69. The fourth-order valence-electron chi connectivity index (χ4n) is 2.03. The molecule has 1 aromatic rings. The van der Waals surface area contributed by atoms with Gasteiger partial charge in [-0.15, -0.1) is 0 Å². The summed E-state index contributed by atoms with van der Waals surface area (Å²) in [7, 11) is 0. The number of unbranched alkanes of at least 4 members (excludes halogenated alkanes) is 1. The molecule has 0 bridgehead atoms. The van der Waals surface area contributed by atoms with Gasteiger partial charge in [0, 0.05) is 18.3 Å². The molecule has 1 atom stereocenters. The van der Waals surface area contributed by atoms with E-state index >= 15 is 0 Å². The maximum atomic E-state index is 4.58. The molecule has 92 valence electrons. The molecule has 0 aromatic heterocycles. The molecule has 17 heavy (non-hydrogen) atoms. The molecule has 2 rings (SSSR count). The van der Waals surface area contributed by atoms with Crippen LogP contribution in [-0.2, 0) is 0 Å². The van der Waals surface area contributed by atoms with Crippen LogP contribution in [0, 0.1) is 0 Å². The van der Waals surface area contributed by atoms with E-state index < -0.39 is 0 Å². The molecule has 0 aliphatic carbocycles. The zero-order chi connectivity index (χ0) is 12.1. The first kappa shape index (κ1) is 12.0.